The normalized spacial score (nSPS) is 46.2. The van der Waals surface area contributed by atoms with E-state index in [-0.39, 0.29) is 0 Å². The molecular formula is C12H22N2S. The van der Waals surface area contributed by atoms with Crippen molar-refractivity contribution in [3.63, 3.8) is 0 Å². The molecule has 0 saturated carbocycles. The lowest BCUT2D eigenvalue weighted by Gasteiger charge is -2.29. The van der Waals surface area contributed by atoms with E-state index in [4.69, 9.17) is 0 Å². The molecule has 0 aromatic rings. The Labute approximate surface area is 97.2 Å². The van der Waals surface area contributed by atoms with Crippen molar-refractivity contribution in [2.45, 2.75) is 42.7 Å². The van der Waals surface area contributed by atoms with E-state index in [2.05, 4.69) is 28.9 Å². The molecule has 3 heteroatoms. The summed E-state index contributed by atoms with van der Waals surface area (Å²) in [6.07, 6.45) is 4.26. The molecule has 0 radical (unpaired) electrons. The first-order valence-electron chi connectivity index (χ1n) is 6.50. The standard InChI is InChI=1S/C12H22N2S/c1-2-14-8-5-11-12(14)9-3-6-13-7-4-10(9)15-11/h9-13H,2-8H2,1H3. The molecule has 0 aromatic carbocycles. The van der Waals surface area contributed by atoms with Crippen molar-refractivity contribution in [3.8, 4) is 0 Å². The minimum Gasteiger partial charge on any atom is -0.317 e. The molecule has 1 N–H and O–H groups in total. The van der Waals surface area contributed by atoms with Crippen LogP contribution in [-0.4, -0.2) is 47.6 Å². The molecule has 0 bridgehead atoms. The van der Waals surface area contributed by atoms with Gasteiger partial charge in [0.15, 0.2) is 0 Å². The summed E-state index contributed by atoms with van der Waals surface area (Å²) in [7, 11) is 0. The van der Waals surface area contributed by atoms with E-state index in [9.17, 15) is 0 Å². The van der Waals surface area contributed by atoms with Gasteiger partial charge in [-0.1, -0.05) is 6.92 Å². The average Bonchev–Trinajstić information content (AvgIpc) is 2.70. The van der Waals surface area contributed by atoms with E-state index in [1.54, 1.807) is 0 Å². The smallest absolute Gasteiger partial charge is 0.0254 e. The Kier molecular flexibility index (Phi) is 2.97. The Balaban J connectivity index is 1.78. The molecule has 3 aliphatic rings. The molecule has 0 aliphatic carbocycles. The van der Waals surface area contributed by atoms with Crippen molar-refractivity contribution < 1.29 is 0 Å². The van der Waals surface area contributed by atoms with Crippen LogP contribution in [0.1, 0.15) is 26.2 Å². The quantitative estimate of drug-likeness (QED) is 0.730. The molecule has 0 spiro atoms. The predicted octanol–water partition coefficient (Wildman–Crippen LogP) is 1.56. The minimum atomic E-state index is 0.921. The van der Waals surface area contributed by atoms with Gasteiger partial charge in [0.2, 0.25) is 0 Å². The van der Waals surface area contributed by atoms with Crippen LogP contribution < -0.4 is 5.32 Å². The van der Waals surface area contributed by atoms with Gasteiger partial charge in [-0.15, -0.1) is 0 Å². The maximum atomic E-state index is 3.56. The van der Waals surface area contributed by atoms with Gasteiger partial charge in [-0.3, -0.25) is 4.90 Å². The lowest BCUT2D eigenvalue weighted by Crippen LogP contribution is -2.39. The SMILES string of the molecule is CCN1CCC2SC3CCNCCC3C21. The van der Waals surface area contributed by atoms with E-state index in [0.29, 0.717) is 0 Å². The highest BCUT2D eigenvalue weighted by Crippen LogP contribution is 2.49. The molecular weight excluding hydrogens is 204 g/mol. The Morgan fingerprint density at radius 2 is 2.07 bits per heavy atom. The number of likely N-dealkylation sites (tertiary alicyclic amines) is 1. The van der Waals surface area contributed by atoms with Crippen LogP contribution in [-0.2, 0) is 0 Å². The summed E-state index contributed by atoms with van der Waals surface area (Å²) >= 11 is 2.32. The molecule has 3 aliphatic heterocycles. The van der Waals surface area contributed by atoms with Crippen molar-refractivity contribution in [3.05, 3.63) is 0 Å². The lowest BCUT2D eigenvalue weighted by atomic mass is 9.90. The highest BCUT2D eigenvalue weighted by atomic mass is 32.2. The second-order valence-electron chi connectivity index (χ2n) is 5.11. The summed E-state index contributed by atoms with van der Waals surface area (Å²) in [5, 5.41) is 5.49. The third-order valence-corrected chi connectivity index (χ3v) is 6.23. The third-order valence-electron chi connectivity index (χ3n) is 4.44. The zero-order valence-corrected chi connectivity index (χ0v) is 10.4. The van der Waals surface area contributed by atoms with Gasteiger partial charge in [0.25, 0.3) is 0 Å². The van der Waals surface area contributed by atoms with Crippen LogP contribution in [0.15, 0.2) is 0 Å². The second kappa shape index (κ2) is 4.27. The molecule has 4 atom stereocenters. The van der Waals surface area contributed by atoms with Crippen LogP contribution in [0.4, 0.5) is 0 Å². The molecule has 3 fully saturated rings. The molecule has 3 saturated heterocycles. The van der Waals surface area contributed by atoms with Crippen LogP contribution in [0.5, 0.6) is 0 Å². The first-order chi connectivity index (χ1) is 7.40. The number of fused-ring (bicyclic) bond motifs is 3. The van der Waals surface area contributed by atoms with Gasteiger partial charge >= 0.3 is 0 Å². The van der Waals surface area contributed by atoms with Crippen LogP contribution in [0.2, 0.25) is 0 Å². The van der Waals surface area contributed by atoms with E-state index < -0.39 is 0 Å². The van der Waals surface area contributed by atoms with Crippen molar-refractivity contribution in [2.24, 2.45) is 5.92 Å². The number of hydrogen-bond donors (Lipinski definition) is 1. The summed E-state index contributed by atoms with van der Waals surface area (Å²) in [6.45, 7) is 7.45. The van der Waals surface area contributed by atoms with E-state index in [1.807, 2.05) is 0 Å². The minimum absolute atomic E-state index is 0.921. The number of thioether (sulfide) groups is 1. The molecule has 4 unspecified atom stereocenters. The zero-order chi connectivity index (χ0) is 10.3. The fourth-order valence-electron chi connectivity index (χ4n) is 3.73. The fraction of sp³-hybridized carbons (Fsp3) is 1.00. The van der Waals surface area contributed by atoms with Crippen molar-refractivity contribution >= 4 is 11.8 Å². The van der Waals surface area contributed by atoms with Gasteiger partial charge in [-0.05, 0) is 51.4 Å². The third kappa shape index (κ3) is 1.73. The first kappa shape index (κ1) is 10.4. The van der Waals surface area contributed by atoms with Gasteiger partial charge in [0.05, 0.1) is 0 Å². The molecule has 86 valence electrons. The monoisotopic (exact) mass is 226 g/mol. The Morgan fingerprint density at radius 1 is 1.20 bits per heavy atom. The maximum Gasteiger partial charge on any atom is 0.0254 e. The zero-order valence-electron chi connectivity index (χ0n) is 9.61. The maximum absolute atomic E-state index is 3.56. The van der Waals surface area contributed by atoms with E-state index in [0.717, 1.165) is 22.5 Å². The number of rotatable bonds is 1. The average molecular weight is 226 g/mol. The Hall–Kier alpha value is 0.270. The van der Waals surface area contributed by atoms with Crippen molar-refractivity contribution in [1.29, 1.82) is 0 Å². The summed E-state index contributed by atoms with van der Waals surface area (Å²) in [5.41, 5.74) is 0. The van der Waals surface area contributed by atoms with Crippen LogP contribution in [0, 0.1) is 5.92 Å². The van der Waals surface area contributed by atoms with Crippen molar-refractivity contribution in [2.75, 3.05) is 26.2 Å². The largest absolute Gasteiger partial charge is 0.317 e. The van der Waals surface area contributed by atoms with Crippen molar-refractivity contribution in [1.82, 2.24) is 10.2 Å². The number of hydrogen-bond acceptors (Lipinski definition) is 3. The van der Waals surface area contributed by atoms with Gasteiger partial charge in [-0.25, -0.2) is 0 Å². The predicted molar refractivity (Wildman–Crippen MR) is 66.4 cm³/mol. The van der Waals surface area contributed by atoms with Gasteiger partial charge < -0.3 is 5.32 Å². The van der Waals surface area contributed by atoms with Crippen LogP contribution in [0.3, 0.4) is 0 Å². The summed E-state index contributed by atoms with van der Waals surface area (Å²) in [4.78, 5) is 2.74. The molecule has 0 amide bonds. The molecule has 2 nitrogen and oxygen atoms in total. The van der Waals surface area contributed by atoms with E-state index >= 15 is 0 Å². The second-order valence-corrected chi connectivity index (χ2v) is 6.60. The summed E-state index contributed by atoms with van der Waals surface area (Å²) < 4.78 is 0. The lowest BCUT2D eigenvalue weighted by molar-refractivity contribution is 0.202. The fourth-order valence-corrected chi connectivity index (χ4v) is 5.71. The molecule has 3 heterocycles. The van der Waals surface area contributed by atoms with Gasteiger partial charge in [0, 0.05) is 16.5 Å². The summed E-state index contributed by atoms with van der Waals surface area (Å²) in [5.74, 6) is 0.984. The molecule has 0 aromatic heterocycles. The highest BCUT2D eigenvalue weighted by molar-refractivity contribution is 8.00. The Morgan fingerprint density at radius 3 is 2.93 bits per heavy atom. The van der Waals surface area contributed by atoms with E-state index in [1.165, 1.54) is 45.4 Å². The van der Waals surface area contributed by atoms with Gasteiger partial charge in [0.1, 0.15) is 0 Å². The first-order valence-corrected chi connectivity index (χ1v) is 7.44. The summed E-state index contributed by atoms with van der Waals surface area (Å²) in [6, 6.07) is 0.921. The number of nitrogens with one attached hydrogen (secondary N) is 1. The molecule has 15 heavy (non-hydrogen) atoms. The molecule has 3 rings (SSSR count). The topological polar surface area (TPSA) is 15.3 Å². The Bertz CT molecular complexity index is 234. The van der Waals surface area contributed by atoms with Gasteiger partial charge in [-0.2, -0.15) is 11.8 Å². The van der Waals surface area contributed by atoms with Crippen LogP contribution in [0.25, 0.3) is 0 Å². The van der Waals surface area contributed by atoms with Crippen LogP contribution >= 0.6 is 11.8 Å². The highest BCUT2D eigenvalue weighted by Gasteiger charge is 2.48. The number of nitrogens with zero attached hydrogens (tertiary/aromatic N) is 1.